The van der Waals surface area contributed by atoms with Crippen LogP contribution in [0.5, 0.6) is 0 Å². The first kappa shape index (κ1) is 19.5. The third kappa shape index (κ3) is 4.59. The number of nitrogens with zero attached hydrogens (tertiary/aromatic N) is 4. The highest BCUT2D eigenvalue weighted by Gasteiger charge is 2.20. The van der Waals surface area contributed by atoms with Crippen molar-refractivity contribution in [3.63, 3.8) is 0 Å². The minimum Gasteiger partial charge on any atom is -0.379 e. The lowest BCUT2D eigenvalue weighted by Crippen LogP contribution is -2.46. The second kappa shape index (κ2) is 9.12. The van der Waals surface area contributed by atoms with Crippen LogP contribution in [-0.2, 0) is 17.8 Å². The molecule has 0 bridgehead atoms. The fourth-order valence-electron chi connectivity index (χ4n) is 4.34. The van der Waals surface area contributed by atoms with Crippen LogP contribution in [0.4, 0.5) is 5.69 Å². The van der Waals surface area contributed by atoms with Gasteiger partial charge in [-0.15, -0.1) is 0 Å². The zero-order chi connectivity index (χ0) is 19.3. The van der Waals surface area contributed by atoms with Crippen LogP contribution in [0.3, 0.4) is 0 Å². The minimum atomic E-state index is 0.878. The molecule has 2 aromatic rings. The smallest absolute Gasteiger partial charge is 0.0594 e. The first-order chi connectivity index (χ1) is 13.7. The Hall–Kier alpha value is -1.82. The van der Waals surface area contributed by atoms with Crippen LogP contribution in [0.25, 0.3) is 0 Å². The first-order valence-corrected chi connectivity index (χ1v) is 10.7. The highest BCUT2D eigenvalue weighted by molar-refractivity contribution is 5.56. The number of ether oxygens (including phenoxy) is 1. The average molecular weight is 383 g/mol. The largest absolute Gasteiger partial charge is 0.379 e. The lowest BCUT2D eigenvalue weighted by Gasteiger charge is -2.37. The number of morpholine rings is 1. The molecule has 4 rings (SSSR count). The number of anilines is 1. The van der Waals surface area contributed by atoms with Gasteiger partial charge in [0.15, 0.2) is 0 Å². The topological polar surface area (TPSA) is 23.9 Å². The number of hydrogen-bond acceptors (Lipinski definition) is 4. The third-order valence-electron chi connectivity index (χ3n) is 6.36. The Balaban J connectivity index is 1.29. The number of aryl methyl sites for hydroxylation is 1. The molecule has 0 amide bonds. The first-order valence-electron chi connectivity index (χ1n) is 10.7. The summed E-state index contributed by atoms with van der Waals surface area (Å²) in [6.45, 7) is 16.1. The van der Waals surface area contributed by atoms with Crippen LogP contribution in [-0.4, -0.2) is 73.4 Å². The van der Waals surface area contributed by atoms with Gasteiger partial charge in [-0.1, -0.05) is 12.1 Å². The van der Waals surface area contributed by atoms with Gasteiger partial charge in [-0.3, -0.25) is 9.80 Å². The molecule has 1 aromatic heterocycles. The van der Waals surface area contributed by atoms with E-state index in [0.717, 1.165) is 72.1 Å². The lowest BCUT2D eigenvalue weighted by atomic mass is 10.1. The summed E-state index contributed by atoms with van der Waals surface area (Å²) >= 11 is 0. The van der Waals surface area contributed by atoms with Crippen molar-refractivity contribution in [1.29, 1.82) is 0 Å². The fraction of sp³-hybridized carbons (Fsp3) is 0.565. The summed E-state index contributed by atoms with van der Waals surface area (Å²) in [5, 5.41) is 0. The molecule has 5 heteroatoms. The van der Waals surface area contributed by atoms with E-state index in [2.05, 4.69) is 69.6 Å². The Bertz CT molecular complexity index is 758. The lowest BCUT2D eigenvalue weighted by molar-refractivity contribution is 0.0362. The van der Waals surface area contributed by atoms with Gasteiger partial charge < -0.3 is 14.2 Å². The summed E-state index contributed by atoms with van der Waals surface area (Å²) in [6, 6.07) is 11.2. The molecule has 0 saturated carbocycles. The van der Waals surface area contributed by atoms with Crippen molar-refractivity contribution in [2.24, 2.45) is 0 Å². The van der Waals surface area contributed by atoms with Crippen LogP contribution < -0.4 is 4.90 Å². The zero-order valence-electron chi connectivity index (χ0n) is 17.4. The molecule has 0 N–H and O–H groups in total. The molecule has 0 aliphatic carbocycles. The molecule has 5 nitrogen and oxygen atoms in total. The van der Waals surface area contributed by atoms with Crippen molar-refractivity contribution in [3.05, 3.63) is 53.3 Å². The van der Waals surface area contributed by atoms with Crippen molar-refractivity contribution in [2.45, 2.75) is 26.9 Å². The van der Waals surface area contributed by atoms with Gasteiger partial charge in [-0.2, -0.15) is 0 Å². The van der Waals surface area contributed by atoms with Crippen LogP contribution in [0.15, 0.2) is 36.5 Å². The van der Waals surface area contributed by atoms with Gasteiger partial charge in [-0.05, 0) is 43.2 Å². The van der Waals surface area contributed by atoms with E-state index in [4.69, 9.17) is 4.74 Å². The Morgan fingerprint density at radius 1 is 0.821 bits per heavy atom. The second-order valence-corrected chi connectivity index (χ2v) is 8.13. The van der Waals surface area contributed by atoms with Crippen LogP contribution >= 0.6 is 0 Å². The Labute approximate surface area is 169 Å². The maximum absolute atomic E-state index is 5.46. The summed E-state index contributed by atoms with van der Waals surface area (Å²) in [7, 11) is 0. The quantitative estimate of drug-likeness (QED) is 0.767. The van der Waals surface area contributed by atoms with Gasteiger partial charge in [0, 0.05) is 76.5 Å². The van der Waals surface area contributed by atoms with E-state index in [0.29, 0.717) is 0 Å². The highest BCUT2D eigenvalue weighted by atomic mass is 16.5. The summed E-state index contributed by atoms with van der Waals surface area (Å²) in [5.74, 6) is 0. The summed E-state index contributed by atoms with van der Waals surface area (Å²) in [4.78, 5) is 7.66. The molecule has 152 valence electrons. The Morgan fingerprint density at radius 3 is 2.39 bits per heavy atom. The van der Waals surface area contributed by atoms with E-state index in [-0.39, 0.29) is 0 Å². The predicted octanol–water partition coefficient (Wildman–Crippen LogP) is 2.76. The van der Waals surface area contributed by atoms with E-state index in [9.17, 15) is 0 Å². The van der Waals surface area contributed by atoms with Crippen molar-refractivity contribution < 1.29 is 4.74 Å². The molecule has 2 aliphatic heterocycles. The summed E-state index contributed by atoms with van der Waals surface area (Å²) < 4.78 is 7.89. The van der Waals surface area contributed by atoms with Crippen molar-refractivity contribution in [3.8, 4) is 0 Å². The molecule has 0 radical (unpaired) electrons. The standard InChI is InChI=1S/C23H34N4O/c1-20-5-3-7-23(21(20)2)27-13-10-25(11-14-27)19-22-6-4-8-26(22)12-9-24-15-17-28-18-16-24/h3-8H,9-19H2,1-2H3. The highest BCUT2D eigenvalue weighted by Crippen LogP contribution is 2.24. The molecule has 0 spiro atoms. The maximum atomic E-state index is 5.46. The molecule has 2 saturated heterocycles. The number of hydrogen-bond donors (Lipinski definition) is 0. The molecule has 2 fully saturated rings. The van der Waals surface area contributed by atoms with Gasteiger partial charge in [0.2, 0.25) is 0 Å². The second-order valence-electron chi connectivity index (χ2n) is 8.13. The van der Waals surface area contributed by atoms with E-state index in [1.807, 2.05) is 0 Å². The summed E-state index contributed by atoms with van der Waals surface area (Å²) in [6.07, 6.45) is 2.24. The predicted molar refractivity (Wildman–Crippen MR) is 115 cm³/mol. The maximum Gasteiger partial charge on any atom is 0.0594 e. The third-order valence-corrected chi connectivity index (χ3v) is 6.36. The van der Waals surface area contributed by atoms with Crippen molar-refractivity contribution in [2.75, 3.05) is 63.9 Å². The SMILES string of the molecule is Cc1cccc(N2CCN(Cc3cccn3CCN3CCOCC3)CC2)c1C. The molecular weight excluding hydrogens is 348 g/mol. The molecule has 0 unspecified atom stereocenters. The van der Waals surface area contributed by atoms with Crippen LogP contribution in [0, 0.1) is 13.8 Å². The van der Waals surface area contributed by atoms with Gasteiger partial charge in [-0.25, -0.2) is 0 Å². The van der Waals surface area contributed by atoms with Gasteiger partial charge in [0.25, 0.3) is 0 Å². The Kier molecular flexibility index (Phi) is 6.35. The molecule has 28 heavy (non-hydrogen) atoms. The van der Waals surface area contributed by atoms with Crippen LogP contribution in [0.2, 0.25) is 0 Å². The number of aromatic nitrogens is 1. The molecule has 3 heterocycles. The van der Waals surface area contributed by atoms with Gasteiger partial charge >= 0.3 is 0 Å². The van der Waals surface area contributed by atoms with Crippen molar-refractivity contribution >= 4 is 5.69 Å². The van der Waals surface area contributed by atoms with Crippen molar-refractivity contribution in [1.82, 2.24) is 14.4 Å². The molecule has 1 aromatic carbocycles. The number of piperazine rings is 1. The van der Waals surface area contributed by atoms with E-state index < -0.39 is 0 Å². The van der Waals surface area contributed by atoms with E-state index >= 15 is 0 Å². The average Bonchev–Trinajstić information content (AvgIpc) is 3.17. The number of benzene rings is 1. The molecular formula is C23H34N4O. The van der Waals surface area contributed by atoms with E-state index in [1.54, 1.807) is 0 Å². The summed E-state index contributed by atoms with van der Waals surface area (Å²) in [5.41, 5.74) is 5.66. The van der Waals surface area contributed by atoms with Crippen LogP contribution in [0.1, 0.15) is 16.8 Å². The molecule has 2 aliphatic rings. The van der Waals surface area contributed by atoms with Gasteiger partial charge in [0.1, 0.15) is 0 Å². The minimum absolute atomic E-state index is 0.878. The van der Waals surface area contributed by atoms with Gasteiger partial charge in [0.05, 0.1) is 13.2 Å². The monoisotopic (exact) mass is 382 g/mol. The van der Waals surface area contributed by atoms with E-state index in [1.165, 1.54) is 22.5 Å². The molecule has 0 atom stereocenters. The Morgan fingerprint density at radius 2 is 1.61 bits per heavy atom. The zero-order valence-corrected chi connectivity index (χ0v) is 17.4. The number of rotatable bonds is 6. The normalized spacial score (nSPS) is 19.3. The fourth-order valence-corrected chi connectivity index (χ4v) is 4.34.